The zero-order valence-electron chi connectivity index (χ0n) is 17.0. The van der Waals surface area contributed by atoms with E-state index in [-0.39, 0.29) is 11.7 Å². The summed E-state index contributed by atoms with van der Waals surface area (Å²) in [4.78, 5) is 8.90. The number of carbonyl (C=O) groups is 1. The van der Waals surface area contributed by atoms with Gasteiger partial charge < -0.3 is 10.4 Å². The van der Waals surface area contributed by atoms with Gasteiger partial charge in [0.25, 0.3) is 0 Å². The number of nitrogens with one attached hydrogen (secondary N) is 2. The maximum absolute atomic E-state index is 10.6. The Bertz CT molecular complexity index is 955. The number of carboxylic acid groups (broad SMARTS) is 1. The Kier molecular flexibility index (Phi) is 7.18. The molecule has 1 aliphatic carbocycles. The minimum absolute atomic E-state index is 0.115. The molecule has 1 atom stereocenters. The van der Waals surface area contributed by atoms with Gasteiger partial charge in [0.15, 0.2) is 11.5 Å². The molecule has 0 amide bonds. The number of hydrogen-bond acceptors (Lipinski definition) is 8. The maximum atomic E-state index is 10.6. The van der Waals surface area contributed by atoms with E-state index in [0.29, 0.717) is 12.3 Å². The highest BCUT2D eigenvalue weighted by Gasteiger charge is 2.39. The molecule has 172 valence electrons. The van der Waals surface area contributed by atoms with Crippen LogP contribution in [0.3, 0.4) is 0 Å². The second-order valence-corrected chi connectivity index (χ2v) is 7.52. The van der Waals surface area contributed by atoms with Gasteiger partial charge in [0.2, 0.25) is 0 Å². The van der Waals surface area contributed by atoms with Crippen molar-refractivity contribution in [3.8, 4) is 12.3 Å². The van der Waals surface area contributed by atoms with Crippen LogP contribution in [-0.2, 0) is 11.3 Å². The Balaban J connectivity index is 0.000000360. The molecule has 32 heavy (non-hydrogen) atoms. The Morgan fingerprint density at radius 3 is 2.66 bits per heavy atom. The fourth-order valence-corrected chi connectivity index (χ4v) is 2.96. The van der Waals surface area contributed by atoms with Crippen molar-refractivity contribution in [3.63, 3.8) is 0 Å². The van der Waals surface area contributed by atoms with E-state index < -0.39 is 12.1 Å². The molecule has 2 aromatic rings. The van der Waals surface area contributed by atoms with Crippen LogP contribution in [0.5, 0.6) is 0 Å². The van der Waals surface area contributed by atoms with Crippen molar-refractivity contribution in [2.75, 3.05) is 6.54 Å². The molecule has 0 aromatic carbocycles. The monoisotopic (exact) mass is 453 g/mol. The topological polar surface area (TPSA) is 146 Å². The molecule has 0 spiro atoms. The van der Waals surface area contributed by atoms with E-state index in [2.05, 4.69) is 47.2 Å². The van der Waals surface area contributed by atoms with Crippen LogP contribution in [0.15, 0.2) is 22.6 Å². The summed E-state index contributed by atoms with van der Waals surface area (Å²) in [5.41, 5.74) is 0.717. The molecule has 3 heterocycles. The minimum Gasteiger partial charge on any atom is -0.475 e. The molecule has 4 rings (SSSR count). The number of alkyl halides is 3. The minimum atomic E-state index is -5.08. The third-order valence-electron chi connectivity index (χ3n) is 4.97. The molecule has 0 saturated heterocycles. The third-order valence-corrected chi connectivity index (χ3v) is 4.97. The van der Waals surface area contributed by atoms with Crippen molar-refractivity contribution in [3.05, 3.63) is 23.8 Å². The van der Waals surface area contributed by atoms with Crippen LogP contribution >= 0.6 is 0 Å². The Morgan fingerprint density at radius 2 is 2.12 bits per heavy atom. The lowest BCUT2D eigenvalue weighted by Gasteiger charge is -2.18. The zero-order chi connectivity index (χ0) is 23.2. The fraction of sp³-hybridized carbons (Fsp3) is 0.611. The van der Waals surface area contributed by atoms with Crippen molar-refractivity contribution in [1.82, 2.24) is 35.7 Å². The first kappa shape index (κ1) is 23.3. The average molecular weight is 453 g/mol. The Morgan fingerprint density at radius 1 is 1.41 bits per heavy atom. The number of aliphatic carboxylic acids is 1. The van der Waals surface area contributed by atoms with E-state index in [9.17, 15) is 13.2 Å². The summed E-state index contributed by atoms with van der Waals surface area (Å²) in [6.45, 7) is 1.61. The lowest BCUT2D eigenvalue weighted by atomic mass is 10.0. The van der Waals surface area contributed by atoms with Crippen LogP contribution in [0.1, 0.15) is 49.5 Å². The van der Waals surface area contributed by atoms with Crippen LogP contribution in [0.2, 0.25) is 0 Å². The molecule has 11 nitrogen and oxygen atoms in total. The van der Waals surface area contributed by atoms with Crippen LogP contribution in [0.4, 0.5) is 13.2 Å². The van der Waals surface area contributed by atoms with E-state index in [1.165, 1.54) is 12.8 Å². The quantitative estimate of drug-likeness (QED) is 0.467. The van der Waals surface area contributed by atoms with Crippen molar-refractivity contribution in [1.29, 1.82) is 0 Å². The van der Waals surface area contributed by atoms with Gasteiger partial charge in [-0.1, -0.05) is 0 Å². The molecule has 2 aromatic heterocycles. The summed E-state index contributed by atoms with van der Waals surface area (Å²) in [6.07, 6.45) is 8.75. The first-order valence-corrected chi connectivity index (χ1v) is 9.90. The predicted molar refractivity (Wildman–Crippen MR) is 103 cm³/mol. The number of nitrogens with zero attached hydrogens (tertiary/aromatic N) is 7. The van der Waals surface area contributed by atoms with Gasteiger partial charge in [-0.2, -0.15) is 28.5 Å². The number of H-pyrrole nitrogens is 1. The third kappa shape index (κ3) is 6.58. The number of tetrazole rings is 1. The van der Waals surface area contributed by atoms with Crippen molar-refractivity contribution < 1.29 is 23.1 Å². The van der Waals surface area contributed by atoms with Crippen LogP contribution in [0, 0.1) is 18.3 Å². The van der Waals surface area contributed by atoms with Crippen molar-refractivity contribution in [2.24, 2.45) is 16.1 Å². The molecule has 0 bridgehead atoms. The Labute approximate surface area is 180 Å². The van der Waals surface area contributed by atoms with Gasteiger partial charge in [0.05, 0.1) is 12.2 Å². The molecule has 2 aliphatic rings. The van der Waals surface area contributed by atoms with Gasteiger partial charge in [-0.05, 0) is 29.2 Å². The summed E-state index contributed by atoms with van der Waals surface area (Å²) in [7, 11) is 0. The number of aromatic nitrogens is 6. The Hall–Kier alpha value is -3.34. The first-order chi connectivity index (χ1) is 15.2. The first-order valence-electron chi connectivity index (χ1n) is 9.90. The second-order valence-electron chi connectivity index (χ2n) is 7.52. The maximum Gasteiger partial charge on any atom is 0.490 e. The van der Waals surface area contributed by atoms with Gasteiger partial charge in [0.1, 0.15) is 0 Å². The smallest absolute Gasteiger partial charge is 0.475 e. The van der Waals surface area contributed by atoms with E-state index in [0.717, 1.165) is 37.3 Å². The van der Waals surface area contributed by atoms with Gasteiger partial charge in [-0.15, -0.1) is 17.4 Å². The summed E-state index contributed by atoms with van der Waals surface area (Å²) in [5, 5.41) is 38.3. The largest absolute Gasteiger partial charge is 0.490 e. The highest BCUT2D eigenvalue weighted by atomic mass is 19.4. The number of hydrogen-bond donors (Lipinski definition) is 3. The number of terminal acetylenes is 1. The van der Waals surface area contributed by atoms with E-state index in [1.807, 2.05) is 10.9 Å². The standard InChI is InChI=1S/C16H21N9.C2HF3O2/c1-2-3-6-16(21-22-16)7-8-17-14(13-9-18-19-10-13)15-20-23-24-25(15)11-12-4-5-12;3-2(4,5)1(6)7/h1,9-10,12,14,17H,3-8,11H2,(H,18,19);(H,6,7). The van der Waals surface area contributed by atoms with Gasteiger partial charge in [0, 0.05) is 44.1 Å². The highest BCUT2D eigenvalue weighted by Crippen LogP contribution is 2.36. The average Bonchev–Trinajstić information content (AvgIpc) is 3.60. The van der Waals surface area contributed by atoms with Gasteiger partial charge in [-0.3, -0.25) is 5.10 Å². The van der Waals surface area contributed by atoms with Crippen LogP contribution in [0.25, 0.3) is 0 Å². The summed E-state index contributed by atoms with van der Waals surface area (Å²) in [6, 6.07) is -0.115. The van der Waals surface area contributed by atoms with Crippen molar-refractivity contribution >= 4 is 5.97 Å². The number of carboxylic acids is 1. The molecule has 1 unspecified atom stereocenters. The van der Waals surface area contributed by atoms with E-state index in [1.54, 1.807) is 6.20 Å². The summed E-state index contributed by atoms with van der Waals surface area (Å²) in [5.74, 6) is 1.41. The highest BCUT2D eigenvalue weighted by molar-refractivity contribution is 5.73. The number of halogens is 3. The molecule has 1 fully saturated rings. The van der Waals surface area contributed by atoms with E-state index >= 15 is 0 Å². The van der Waals surface area contributed by atoms with Gasteiger partial charge in [-0.25, -0.2) is 9.48 Å². The molecule has 14 heteroatoms. The lowest BCUT2D eigenvalue weighted by molar-refractivity contribution is -0.192. The number of rotatable bonds is 10. The molecule has 3 N–H and O–H groups in total. The van der Waals surface area contributed by atoms with Crippen LogP contribution < -0.4 is 5.32 Å². The molecular formula is C18H22F3N9O2. The van der Waals surface area contributed by atoms with Crippen molar-refractivity contribution in [2.45, 2.75) is 56.5 Å². The molecule has 0 radical (unpaired) electrons. The summed E-state index contributed by atoms with van der Waals surface area (Å²) < 4.78 is 33.6. The summed E-state index contributed by atoms with van der Waals surface area (Å²) >= 11 is 0. The predicted octanol–water partition coefficient (Wildman–Crippen LogP) is 2.08. The lowest BCUT2D eigenvalue weighted by Crippen LogP contribution is -2.29. The molecular weight excluding hydrogens is 431 g/mol. The fourth-order valence-electron chi connectivity index (χ4n) is 2.96. The van der Waals surface area contributed by atoms with Gasteiger partial charge >= 0.3 is 12.1 Å². The SMILES string of the molecule is C#CCCC1(CCNC(c2cn[nH]c2)c2nnnn2CC2CC2)N=N1.O=C(O)C(F)(F)F. The molecule has 1 aliphatic heterocycles. The van der Waals surface area contributed by atoms with E-state index in [4.69, 9.17) is 16.3 Å². The zero-order valence-corrected chi connectivity index (χ0v) is 17.0. The normalized spacial score (nSPS) is 17.2. The van der Waals surface area contributed by atoms with Crippen LogP contribution in [-0.4, -0.2) is 59.9 Å². The molecule has 1 saturated carbocycles. The second kappa shape index (κ2) is 9.86. The number of aromatic amines is 1.